The maximum Gasteiger partial charge on any atom is 0.317 e. The van der Waals surface area contributed by atoms with Crippen molar-refractivity contribution >= 4 is 16.1 Å². The fourth-order valence-electron chi connectivity index (χ4n) is 3.27. The highest BCUT2D eigenvalue weighted by molar-refractivity contribution is 7.90. The number of nitrogens with zero attached hydrogens (tertiary/aromatic N) is 2. The van der Waals surface area contributed by atoms with Crippen LogP contribution in [0.15, 0.2) is 24.3 Å². The Morgan fingerprint density at radius 1 is 1.26 bits per heavy atom. The van der Waals surface area contributed by atoms with E-state index >= 15 is 0 Å². The number of likely N-dealkylation sites (tertiary alicyclic amines) is 1. The molecule has 0 saturated carbocycles. The smallest absolute Gasteiger partial charge is 0.317 e. The van der Waals surface area contributed by atoms with Crippen LogP contribution in [0.25, 0.3) is 0 Å². The van der Waals surface area contributed by atoms with E-state index in [1.54, 1.807) is 18.7 Å². The molecule has 7 nitrogen and oxygen atoms in total. The minimum atomic E-state index is -3.40. The van der Waals surface area contributed by atoms with E-state index in [1.165, 1.54) is 5.56 Å². The van der Waals surface area contributed by atoms with Crippen molar-refractivity contribution in [3.63, 3.8) is 0 Å². The lowest BCUT2D eigenvalue weighted by molar-refractivity contribution is 0.202. The van der Waals surface area contributed by atoms with Gasteiger partial charge in [-0.05, 0) is 46.9 Å². The van der Waals surface area contributed by atoms with Crippen molar-refractivity contribution in [1.29, 1.82) is 0 Å². The SMILES string of the molecule is Cc1ccc(C(CNC(=O)N2CCC(S(=O)(=O)NC(C)C)C2)N(C)C)cc1. The number of rotatable bonds is 7. The first kappa shape index (κ1) is 21.7. The van der Waals surface area contributed by atoms with Gasteiger partial charge in [0.15, 0.2) is 0 Å². The van der Waals surface area contributed by atoms with E-state index in [9.17, 15) is 13.2 Å². The molecule has 0 bridgehead atoms. The molecule has 8 heteroatoms. The van der Waals surface area contributed by atoms with Crippen molar-refractivity contribution < 1.29 is 13.2 Å². The summed E-state index contributed by atoms with van der Waals surface area (Å²) in [6.45, 7) is 6.78. The standard InChI is InChI=1S/C19H32N4O3S/c1-14(2)21-27(25,26)17-10-11-23(13-17)19(24)20-12-18(22(4)5)16-8-6-15(3)7-9-16/h6-9,14,17-18,21H,10-13H2,1-5H3,(H,20,24). The minimum absolute atomic E-state index is 0.0549. The topological polar surface area (TPSA) is 81.8 Å². The van der Waals surface area contributed by atoms with Gasteiger partial charge in [0.05, 0.1) is 11.3 Å². The monoisotopic (exact) mass is 396 g/mol. The molecule has 1 heterocycles. The van der Waals surface area contributed by atoms with Gasteiger partial charge in [0, 0.05) is 25.7 Å². The van der Waals surface area contributed by atoms with E-state index in [2.05, 4.69) is 39.2 Å². The van der Waals surface area contributed by atoms with Gasteiger partial charge in [0.1, 0.15) is 0 Å². The van der Waals surface area contributed by atoms with Crippen LogP contribution in [-0.2, 0) is 10.0 Å². The van der Waals surface area contributed by atoms with E-state index in [4.69, 9.17) is 0 Å². The molecule has 0 aliphatic carbocycles. The predicted octanol–water partition coefficient (Wildman–Crippen LogP) is 1.71. The average molecular weight is 397 g/mol. The first-order valence-electron chi connectivity index (χ1n) is 9.37. The lowest BCUT2D eigenvalue weighted by Gasteiger charge is -2.26. The number of likely N-dealkylation sites (N-methyl/N-ethyl adjacent to an activating group) is 1. The summed E-state index contributed by atoms with van der Waals surface area (Å²) >= 11 is 0. The second-order valence-electron chi connectivity index (χ2n) is 7.75. The number of amides is 2. The highest BCUT2D eigenvalue weighted by atomic mass is 32.2. The Kier molecular flexibility index (Phi) is 7.25. The normalized spacial score (nSPS) is 18.9. The molecule has 0 spiro atoms. The van der Waals surface area contributed by atoms with Crippen LogP contribution >= 0.6 is 0 Å². The van der Waals surface area contributed by atoms with E-state index in [-0.39, 0.29) is 24.7 Å². The van der Waals surface area contributed by atoms with Crippen LogP contribution < -0.4 is 10.0 Å². The highest BCUT2D eigenvalue weighted by Gasteiger charge is 2.35. The number of hydrogen-bond acceptors (Lipinski definition) is 4. The van der Waals surface area contributed by atoms with Crippen LogP contribution in [-0.4, -0.2) is 69.3 Å². The molecule has 1 aliphatic rings. The van der Waals surface area contributed by atoms with Crippen molar-refractivity contribution in [3.05, 3.63) is 35.4 Å². The third kappa shape index (κ3) is 5.92. The lowest BCUT2D eigenvalue weighted by Crippen LogP contribution is -2.44. The summed E-state index contributed by atoms with van der Waals surface area (Å²) in [4.78, 5) is 16.2. The van der Waals surface area contributed by atoms with Crippen molar-refractivity contribution in [3.8, 4) is 0 Å². The van der Waals surface area contributed by atoms with Crippen molar-refractivity contribution in [2.45, 2.75) is 44.5 Å². The molecule has 2 unspecified atom stereocenters. The highest BCUT2D eigenvalue weighted by Crippen LogP contribution is 2.19. The quantitative estimate of drug-likeness (QED) is 0.735. The Morgan fingerprint density at radius 3 is 2.44 bits per heavy atom. The number of hydrogen-bond donors (Lipinski definition) is 2. The number of sulfonamides is 1. The van der Waals surface area contributed by atoms with Crippen LogP contribution in [0.5, 0.6) is 0 Å². The molecule has 1 saturated heterocycles. The van der Waals surface area contributed by atoms with Gasteiger partial charge in [-0.15, -0.1) is 0 Å². The molecule has 1 aromatic carbocycles. The molecule has 2 N–H and O–H groups in total. The fraction of sp³-hybridized carbons (Fsp3) is 0.632. The van der Waals surface area contributed by atoms with Crippen LogP contribution in [0, 0.1) is 6.92 Å². The van der Waals surface area contributed by atoms with Crippen molar-refractivity contribution in [2.24, 2.45) is 0 Å². The summed E-state index contributed by atoms with van der Waals surface area (Å²) in [5.74, 6) is 0. The van der Waals surface area contributed by atoms with Crippen LogP contribution in [0.1, 0.15) is 37.4 Å². The molecule has 1 aliphatic heterocycles. The molecule has 2 atom stereocenters. The lowest BCUT2D eigenvalue weighted by atomic mass is 10.0. The van der Waals surface area contributed by atoms with E-state index in [0.29, 0.717) is 19.5 Å². The molecular formula is C19H32N4O3S. The first-order chi connectivity index (χ1) is 12.6. The van der Waals surface area contributed by atoms with Gasteiger partial charge < -0.3 is 15.1 Å². The van der Waals surface area contributed by atoms with Crippen molar-refractivity contribution in [2.75, 3.05) is 33.7 Å². The van der Waals surface area contributed by atoms with Gasteiger partial charge in [-0.2, -0.15) is 0 Å². The van der Waals surface area contributed by atoms with Gasteiger partial charge in [0.2, 0.25) is 10.0 Å². The predicted molar refractivity (Wildman–Crippen MR) is 108 cm³/mol. The summed E-state index contributed by atoms with van der Waals surface area (Å²) in [5, 5.41) is 2.41. The van der Waals surface area contributed by atoms with Gasteiger partial charge >= 0.3 is 6.03 Å². The third-order valence-corrected chi connectivity index (χ3v) is 6.87. The van der Waals surface area contributed by atoms with Gasteiger partial charge in [-0.1, -0.05) is 29.8 Å². The number of nitrogens with one attached hydrogen (secondary N) is 2. The maximum absolute atomic E-state index is 12.5. The summed E-state index contributed by atoms with van der Waals surface area (Å²) in [6.07, 6.45) is 0.463. The fourth-order valence-corrected chi connectivity index (χ4v) is 4.92. The molecule has 27 heavy (non-hydrogen) atoms. The maximum atomic E-state index is 12.5. The molecule has 0 aromatic heterocycles. The zero-order valence-corrected chi connectivity index (χ0v) is 17.7. The Balaban J connectivity index is 1.94. The Bertz CT molecular complexity index is 732. The third-order valence-electron chi connectivity index (χ3n) is 4.80. The number of benzene rings is 1. The average Bonchev–Trinajstić information content (AvgIpc) is 3.06. The minimum Gasteiger partial charge on any atom is -0.336 e. The second kappa shape index (κ2) is 9.03. The summed E-state index contributed by atoms with van der Waals surface area (Å²) in [5.41, 5.74) is 2.33. The number of carbonyl (C=O) groups is 1. The Labute approximate surface area is 163 Å². The van der Waals surface area contributed by atoms with Crippen molar-refractivity contribution in [1.82, 2.24) is 19.8 Å². The van der Waals surface area contributed by atoms with E-state index < -0.39 is 15.3 Å². The zero-order valence-electron chi connectivity index (χ0n) is 16.9. The molecule has 2 rings (SSSR count). The van der Waals surface area contributed by atoms with Gasteiger partial charge in [-0.25, -0.2) is 17.9 Å². The number of carbonyl (C=O) groups excluding carboxylic acids is 1. The van der Waals surface area contributed by atoms with Crippen LogP contribution in [0.3, 0.4) is 0 Å². The molecule has 1 fully saturated rings. The molecule has 1 aromatic rings. The first-order valence-corrected chi connectivity index (χ1v) is 10.9. The molecule has 2 amide bonds. The Hall–Kier alpha value is -1.64. The van der Waals surface area contributed by atoms with E-state index in [0.717, 1.165) is 5.56 Å². The summed E-state index contributed by atoms with van der Waals surface area (Å²) < 4.78 is 27.2. The largest absolute Gasteiger partial charge is 0.336 e. The Morgan fingerprint density at radius 2 is 1.89 bits per heavy atom. The van der Waals surface area contributed by atoms with E-state index in [1.807, 2.05) is 21.0 Å². The zero-order chi connectivity index (χ0) is 20.2. The number of urea groups is 1. The second-order valence-corrected chi connectivity index (χ2v) is 9.74. The molecule has 0 radical (unpaired) electrons. The van der Waals surface area contributed by atoms with Gasteiger partial charge in [-0.3, -0.25) is 0 Å². The van der Waals surface area contributed by atoms with Gasteiger partial charge in [0.25, 0.3) is 0 Å². The summed E-state index contributed by atoms with van der Waals surface area (Å²) in [7, 11) is 0.560. The van der Waals surface area contributed by atoms with Crippen LogP contribution in [0.4, 0.5) is 4.79 Å². The summed E-state index contributed by atoms with van der Waals surface area (Å²) in [6, 6.07) is 7.96. The van der Waals surface area contributed by atoms with Crippen LogP contribution in [0.2, 0.25) is 0 Å². The number of aryl methyl sites for hydroxylation is 1. The molecule has 152 valence electrons. The molecular weight excluding hydrogens is 364 g/mol.